The summed E-state index contributed by atoms with van der Waals surface area (Å²) in [5, 5.41) is 8.08. The van der Waals surface area contributed by atoms with Crippen molar-refractivity contribution in [3.8, 4) is 0 Å². The van der Waals surface area contributed by atoms with Crippen LogP contribution in [-0.2, 0) is 12.4 Å². The van der Waals surface area contributed by atoms with Crippen molar-refractivity contribution in [2.75, 3.05) is 9.80 Å². The molecule has 0 saturated heterocycles. The van der Waals surface area contributed by atoms with E-state index >= 15 is 0 Å². The van der Waals surface area contributed by atoms with Crippen molar-refractivity contribution in [2.24, 2.45) is 0 Å². The van der Waals surface area contributed by atoms with Crippen molar-refractivity contribution in [3.63, 3.8) is 0 Å². The van der Waals surface area contributed by atoms with Crippen molar-refractivity contribution in [3.05, 3.63) is 199 Å². The summed E-state index contributed by atoms with van der Waals surface area (Å²) < 4.78 is 99.3. The largest absolute Gasteiger partial charge is 0.454 e. The van der Waals surface area contributed by atoms with Crippen LogP contribution in [0, 0.1) is 0 Å². The Labute approximate surface area is 421 Å². The van der Waals surface area contributed by atoms with Gasteiger partial charge in [-0.15, -0.1) is 34.0 Å². The predicted molar refractivity (Wildman–Crippen MR) is 291 cm³/mol. The molecule has 0 unspecified atom stereocenters. The van der Waals surface area contributed by atoms with Gasteiger partial charge in [0.2, 0.25) is 0 Å². The number of fused-ring (bicyclic) bond motifs is 16. The summed E-state index contributed by atoms with van der Waals surface area (Å²) in [4.78, 5) is 4.07. The van der Waals surface area contributed by atoms with Gasteiger partial charge in [-0.3, -0.25) is 0 Å². The summed E-state index contributed by atoms with van der Waals surface area (Å²) in [6.45, 7) is 0. The smallest absolute Gasteiger partial charge is 0.416 e. The molecule has 13 heteroatoms. The third-order valence-corrected chi connectivity index (χ3v) is 17.6. The molecule has 0 fully saturated rings. The summed E-state index contributed by atoms with van der Waals surface area (Å²) in [6, 6.07) is 57.8. The number of halogens is 6. The molecule has 0 spiro atoms. The highest BCUT2D eigenvalue weighted by Gasteiger charge is 2.33. The molecule has 0 atom stereocenters. The number of hydrogen-bond acceptors (Lipinski definition) is 6. The maximum Gasteiger partial charge on any atom is 0.416 e. The Morgan fingerprint density at radius 1 is 0.370 bits per heavy atom. The highest BCUT2D eigenvalue weighted by Crippen LogP contribution is 2.52. The van der Waals surface area contributed by atoms with Gasteiger partial charge in [0.25, 0.3) is 0 Å². The first-order valence-electron chi connectivity index (χ1n) is 23.3. The number of rotatable bonds is 6. The van der Waals surface area contributed by atoms with Gasteiger partial charge in [0.1, 0.15) is 11.1 Å². The first kappa shape index (κ1) is 42.6. The van der Waals surface area contributed by atoms with Crippen molar-refractivity contribution < 1.29 is 30.8 Å². The fourth-order valence-electron chi connectivity index (χ4n) is 11.1. The SMILES string of the molecule is FC(F)(F)c1ccc(N(c2ccc3c(c2)oc2c4cccc5c6sc7cc(N(c8ccc(C(F)(F)F)cc8)c8cccc9sc%10ccccc%10c89)ccc7c6n(c45)c32)c2cccc3sc4ccccc4c23)cc1. The number of alkyl halides is 6. The fourth-order valence-corrected chi connectivity index (χ4v) is 14.6. The number of thiophene rings is 3. The van der Waals surface area contributed by atoms with Crippen molar-refractivity contribution in [2.45, 2.75) is 12.4 Å². The minimum Gasteiger partial charge on any atom is -0.454 e. The second-order valence-electron chi connectivity index (χ2n) is 18.2. The molecule has 9 aromatic carbocycles. The van der Waals surface area contributed by atoms with Gasteiger partial charge in [-0.25, -0.2) is 0 Å². The molecule has 0 radical (unpaired) electrons. The molecular weight excluding hydrogens is 989 g/mol. The summed E-state index contributed by atoms with van der Waals surface area (Å²) in [5.41, 5.74) is 7.24. The molecule has 6 heterocycles. The molecule has 73 heavy (non-hydrogen) atoms. The topological polar surface area (TPSA) is 24.0 Å². The molecule has 0 aliphatic carbocycles. The lowest BCUT2D eigenvalue weighted by atomic mass is 10.1. The van der Waals surface area contributed by atoms with Crippen LogP contribution in [0.25, 0.3) is 99.0 Å². The third-order valence-electron chi connectivity index (χ3n) is 14.2. The van der Waals surface area contributed by atoms with Crippen LogP contribution in [0.2, 0.25) is 0 Å². The van der Waals surface area contributed by atoms with Gasteiger partial charge in [0.15, 0.2) is 5.58 Å². The van der Waals surface area contributed by atoms with Crippen LogP contribution in [0.5, 0.6) is 0 Å². The molecule has 0 aliphatic rings. The standard InChI is InChI=1S/C60H31F6N3OS3/c61-59(62,63)32-18-22-34(23-19-32)67(44-12-6-16-49-52(44)39-8-1-3-14-47(39)71-49)36-26-28-38-46(30-36)70-57-42-10-5-11-43-54(42)69(55(38)57)56-41-29-27-37(31-51(41)73-58(43)56)68(35-24-20-33(21-25-35)60(64,65)66)45-13-7-17-50-53(45)40-9-2-4-15-48(40)72-50/h1-31H. The average molecular weight is 1020 g/mol. The number of nitrogens with zero attached hydrogens (tertiary/aromatic N) is 3. The first-order chi connectivity index (χ1) is 35.5. The van der Waals surface area contributed by atoms with Crippen LogP contribution >= 0.6 is 34.0 Å². The van der Waals surface area contributed by atoms with Crippen molar-refractivity contribution in [1.29, 1.82) is 0 Å². The molecule has 0 amide bonds. The number of benzene rings is 9. The quantitative estimate of drug-likeness (QED) is 0.155. The van der Waals surface area contributed by atoms with E-state index in [1.165, 1.54) is 12.1 Å². The Hall–Kier alpha value is -8.10. The zero-order valence-corrected chi connectivity index (χ0v) is 40.1. The third kappa shape index (κ3) is 6.25. The summed E-state index contributed by atoms with van der Waals surface area (Å²) in [7, 11) is 0. The van der Waals surface area contributed by atoms with Crippen LogP contribution in [0.1, 0.15) is 11.1 Å². The van der Waals surface area contributed by atoms with Gasteiger partial charge in [0, 0.05) is 95.4 Å². The second-order valence-corrected chi connectivity index (χ2v) is 21.4. The van der Waals surface area contributed by atoms with E-state index in [-0.39, 0.29) is 0 Å². The van der Waals surface area contributed by atoms with Gasteiger partial charge in [-0.2, -0.15) is 26.3 Å². The monoisotopic (exact) mass is 1020 g/mol. The van der Waals surface area contributed by atoms with E-state index in [2.05, 4.69) is 70.0 Å². The Bertz CT molecular complexity index is 4440. The summed E-state index contributed by atoms with van der Waals surface area (Å²) in [5.74, 6) is 0. The van der Waals surface area contributed by atoms with Gasteiger partial charge < -0.3 is 18.6 Å². The molecule has 0 saturated carbocycles. The minimum atomic E-state index is -4.49. The lowest BCUT2D eigenvalue weighted by Crippen LogP contribution is -2.11. The maximum atomic E-state index is 13.9. The van der Waals surface area contributed by atoms with Crippen LogP contribution in [0.4, 0.5) is 60.5 Å². The number of hydrogen-bond donors (Lipinski definition) is 0. The zero-order chi connectivity index (χ0) is 49.1. The lowest BCUT2D eigenvalue weighted by molar-refractivity contribution is -0.138. The lowest BCUT2D eigenvalue weighted by Gasteiger charge is -2.27. The van der Waals surface area contributed by atoms with E-state index < -0.39 is 23.5 Å². The molecule has 4 nitrogen and oxygen atoms in total. The van der Waals surface area contributed by atoms with E-state index in [9.17, 15) is 26.3 Å². The Balaban J connectivity index is 0.925. The average Bonchev–Trinajstić information content (AvgIpc) is 4.24. The van der Waals surface area contributed by atoms with Gasteiger partial charge in [-0.1, -0.05) is 60.7 Å². The van der Waals surface area contributed by atoms with Crippen LogP contribution in [-0.4, -0.2) is 4.40 Å². The molecule has 15 rings (SSSR count). The van der Waals surface area contributed by atoms with E-state index in [1.807, 2.05) is 83.8 Å². The molecular formula is C60H31F6N3OS3. The first-order valence-corrected chi connectivity index (χ1v) is 25.7. The number of furan rings is 1. The van der Waals surface area contributed by atoms with Gasteiger partial charge in [-0.05, 0) is 121 Å². The maximum absolute atomic E-state index is 13.9. The highest BCUT2D eigenvalue weighted by molar-refractivity contribution is 7.27. The fraction of sp³-hybridized carbons (Fsp3) is 0.0333. The van der Waals surface area contributed by atoms with Crippen LogP contribution in [0.15, 0.2) is 192 Å². The molecule has 352 valence electrons. The highest BCUT2D eigenvalue weighted by atomic mass is 32.1. The van der Waals surface area contributed by atoms with Crippen molar-refractivity contribution >= 4 is 167 Å². The molecule has 15 aromatic rings. The second kappa shape index (κ2) is 15.2. The minimum absolute atomic E-state index is 0.565. The number of aromatic nitrogens is 1. The Kier molecular flexibility index (Phi) is 8.87. The zero-order valence-electron chi connectivity index (χ0n) is 37.6. The molecule has 0 aliphatic heterocycles. The van der Waals surface area contributed by atoms with E-state index in [4.69, 9.17) is 4.42 Å². The Morgan fingerprint density at radius 3 is 1.42 bits per heavy atom. The number of anilines is 6. The summed E-state index contributed by atoms with van der Waals surface area (Å²) in [6.07, 6.45) is -8.98. The van der Waals surface area contributed by atoms with Crippen LogP contribution < -0.4 is 9.80 Å². The summed E-state index contributed by atoms with van der Waals surface area (Å²) >= 11 is 5.03. The van der Waals surface area contributed by atoms with E-state index in [1.54, 1.807) is 46.1 Å². The molecule has 0 N–H and O–H groups in total. The van der Waals surface area contributed by atoms with E-state index in [0.29, 0.717) is 17.0 Å². The molecule has 6 aromatic heterocycles. The van der Waals surface area contributed by atoms with Gasteiger partial charge >= 0.3 is 12.4 Å². The van der Waals surface area contributed by atoms with Crippen molar-refractivity contribution in [1.82, 2.24) is 4.40 Å². The molecule has 0 bridgehead atoms. The van der Waals surface area contributed by atoms with Crippen LogP contribution in [0.3, 0.4) is 0 Å². The van der Waals surface area contributed by atoms with E-state index in [0.717, 1.165) is 140 Å². The number of para-hydroxylation sites is 1. The predicted octanol–water partition coefficient (Wildman–Crippen LogP) is 20.5. The Morgan fingerprint density at radius 2 is 0.849 bits per heavy atom. The normalized spacial score (nSPS) is 12.8. The van der Waals surface area contributed by atoms with Gasteiger partial charge in [0.05, 0.1) is 38.2 Å².